The highest BCUT2D eigenvalue weighted by molar-refractivity contribution is 7.89. The molecule has 108 valence electrons. The molecule has 0 bridgehead atoms. The SMILES string of the molecule is Cc1noc(CCNS(=O)(=O)c2cccc(N)c2C)n1. The largest absolute Gasteiger partial charge is 0.398 e. The second kappa shape index (κ2) is 5.59. The van der Waals surface area contributed by atoms with E-state index in [9.17, 15) is 8.42 Å². The van der Waals surface area contributed by atoms with Crippen molar-refractivity contribution in [3.8, 4) is 0 Å². The Kier molecular flexibility index (Phi) is 4.05. The van der Waals surface area contributed by atoms with Crippen molar-refractivity contribution in [3.63, 3.8) is 0 Å². The van der Waals surface area contributed by atoms with Gasteiger partial charge in [0.15, 0.2) is 5.82 Å². The Morgan fingerprint density at radius 2 is 2.10 bits per heavy atom. The van der Waals surface area contributed by atoms with E-state index in [4.69, 9.17) is 10.3 Å². The standard InChI is InChI=1S/C12H16N4O3S/c1-8-10(13)4-3-5-11(8)20(17,18)14-7-6-12-15-9(2)16-19-12/h3-5,14H,6-7,13H2,1-2H3. The van der Waals surface area contributed by atoms with Gasteiger partial charge in [-0.1, -0.05) is 11.2 Å². The van der Waals surface area contributed by atoms with Crippen LogP contribution >= 0.6 is 0 Å². The molecule has 7 nitrogen and oxygen atoms in total. The lowest BCUT2D eigenvalue weighted by Crippen LogP contribution is -2.26. The van der Waals surface area contributed by atoms with Crippen LogP contribution in [-0.4, -0.2) is 25.1 Å². The molecular formula is C12H16N4O3S. The normalized spacial score (nSPS) is 11.7. The third kappa shape index (κ3) is 3.14. The van der Waals surface area contributed by atoms with Gasteiger partial charge < -0.3 is 10.3 Å². The van der Waals surface area contributed by atoms with Crippen LogP contribution in [0.1, 0.15) is 17.3 Å². The highest BCUT2D eigenvalue weighted by Gasteiger charge is 2.17. The summed E-state index contributed by atoms with van der Waals surface area (Å²) in [4.78, 5) is 4.18. The molecule has 0 fully saturated rings. The Morgan fingerprint density at radius 3 is 2.75 bits per heavy atom. The fourth-order valence-electron chi connectivity index (χ4n) is 1.73. The molecule has 0 aliphatic carbocycles. The maximum absolute atomic E-state index is 12.2. The van der Waals surface area contributed by atoms with E-state index in [2.05, 4.69) is 14.9 Å². The van der Waals surface area contributed by atoms with Gasteiger partial charge in [-0.2, -0.15) is 4.98 Å². The number of sulfonamides is 1. The van der Waals surface area contributed by atoms with Crippen molar-refractivity contribution < 1.29 is 12.9 Å². The number of hydrogen-bond donors (Lipinski definition) is 2. The lowest BCUT2D eigenvalue weighted by Gasteiger charge is -2.10. The molecule has 0 atom stereocenters. The number of hydrogen-bond acceptors (Lipinski definition) is 6. The number of benzene rings is 1. The molecule has 2 rings (SSSR count). The summed E-state index contributed by atoms with van der Waals surface area (Å²) in [6.45, 7) is 3.55. The molecule has 3 N–H and O–H groups in total. The smallest absolute Gasteiger partial charge is 0.240 e. The van der Waals surface area contributed by atoms with Crippen molar-refractivity contribution in [2.75, 3.05) is 12.3 Å². The molecular weight excluding hydrogens is 280 g/mol. The number of nitrogens with zero attached hydrogens (tertiary/aromatic N) is 2. The Labute approximate surface area is 117 Å². The number of nitrogens with two attached hydrogens (primary N) is 1. The van der Waals surface area contributed by atoms with Crippen LogP contribution < -0.4 is 10.5 Å². The highest BCUT2D eigenvalue weighted by atomic mass is 32.2. The summed E-state index contributed by atoms with van der Waals surface area (Å²) in [5.41, 5.74) is 6.69. The van der Waals surface area contributed by atoms with Crippen LogP contribution in [0.5, 0.6) is 0 Å². The monoisotopic (exact) mass is 296 g/mol. The Hall–Kier alpha value is -1.93. The number of aryl methyl sites for hydroxylation is 1. The van der Waals surface area contributed by atoms with Crippen LogP contribution in [0, 0.1) is 13.8 Å². The van der Waals surface area contributed by atoms with Crippen LogP contribution in [0.2, 0.25) is 0 Å². The minimum absolute atomic E-state index is 0.179. The topological polar surface area (TPSA) is 111 Å². The molecule has 0 saturated heterocycles. The molecule has 0 aliphatic heterocycles. The van der Waals surface area contributed by atoms with Crippen molar-refractivity contribution in [2.24, 2.45) is 0 Å². The third-order valence-corrected chi connectivity index (χ3v) is 4.42. The predicted octanol–water partition coefficient (Wildman–Crippen LogP) is 0.790. The zero-order chi connectivity index (χ0) is 14.8. The first-order chi connectivity index (χ1) is 9.40. The second-order valence-electron chi connectivity index (χ2n) is 4.35. The molecule has 20 heavy (non-hydrogen) atoms. The van der Waals surface area contributed by atoms with Crippen LogP contribution in [0.4, 0.5) is 5.69 Å². The maximum Gasteiger partial charge on any atom is 0.240 e. The average molecular weight is 296 g/mol. The van der Waals surface area contributed by atoms with Gasteiger partial charge in [0.1, 0.15) is 0 Å². The number of rotatable bonds is 5. The van der Waals surface area contributed by atoms with E-state index in [0.29, 0.717) is 29.4 Å². The van der Waals surface area contributed by atoms with E-state index in [1.54, 1.807) is 26.0 Å². The van der Waals surface area contributed by atoms with E-state index in [1.165, 1.54) is 6.07 Å². The quantitative estimate of drug-likeness (QED) is 0.789. The van der Waals surface area contributed by atoms with E-state index in [0.717, 1.165) is 0 Å². The molecule has 0 radical (unpaired) electrons. The Balaban J connectivity index is 2.06. The van der Waals surface area contributed by atoms with Gasteiger partial charge in [0, 0.05) is 18.7 Å². The van der Waals surface area contributed by atoms with E-state index in [-0.39, 0.29) is 11.4 Å². The lowest BCUT2D eigenvalue weighted by molar-refractivity contribution is 0.375. The fourth-order valence-corrected chi connectivity index (χ4v) is 3.04. The van der Waals surface area contributed by atoms with Gasteiger partial charge in [-0.05, 0) is 31.5 Å². The summed E-state index contributed by atoms with van der Waals surface area (Å²) >= 11 is 0. The molecule has 0 saturated carbocycles. The average Bonchev–Trinajstić information content (AvgIpc) is 2.78. The van der Waals surface area contributed by atoms with Crippen LogP contribution in [0.3, 0.4) is 0 Å². The minimum Gasteiger partial charge on any atom is -0.398 e. The van der Waals surface area contributed by atoms with E-state index >= 15 is 0 Å². The summed E-state index contributed by atoms with van der Waals surface area (Å²) in [6.07, 6.45) is 0.335. The first-order valence-electron chi connectivity index (χ1n) is 6.04. The summed E-state index contributed by atoms with van der Waals surface area (Å²) in [6, 6.07) is 4.79. The number of aromatic nitrogens is 2. The van der Waals surface area contributed by atoms with Crippen LogP contribution in [0.25, 0.3) is 0 Å². The van der Waals surface area contributed by atoms with Gasteiger partial charge in [0.05, 0.1) is 4.90 Å². The molecule has 1 aromatic heterocycles. The van der Waals surface area contributed by atoms with Crippen molar-refractivity contribution >= 4 is 15.7 Å². The summed E-state index contributed by atoms with van der Waals surface area (Å²) < 4.78 is 31.7. The van der Waals surface area contributed by atoms with Gasteiger partial charge in [-0.25, -0.2) is 13.1 Å². The van der Waals surface area contributed by atoms with Gasteiger partial charge in [0.25, 0.3) is 0 Å². The minimum atomic E-state index is -3.60. The molecule has 1 heterocycles. The first kappa shape index (κ1) is 14.5. The molecule has 0 aliphatic rings. The van der Waals surface area contributed by atoms with Gasteiger partial charge in [-0.15, -0.1) is 0 Å². The molecule has 8 heteroatoms. The molecule has 0 spiro atoms. The van der Waals surface area contributed by atoms with Crippen LogP contribution in [0.15, 0.2) is 27.6 Å². The third-order valence-electron chi connectivity index (χ3n) is 2.82. The van der Waals surface area contributed by atoms with Crippen LogP contribution in [-0.2, 0) is 16.4 Å². The number of anilines is 1. The fraction of sp³-hybridized carbons (Fsp3) is 0.333. The van der Waals surface area contributed by atoms with Crippen molar-refractivity contribution in [1.29, 1.82) is 0 Å². The van der Waals surface area contributed by atoms with Gasteiger partial charge in [-0.3, -0.25) is 0 Å². The maximum atomic E-state index is 12.2. The van der Waals surface area contributed by atoms with Crippen molar-refractivity contribution in [2.45, 2.75) is 25.2 Å². The molecule has 0 amide bonds. The molecule has 1 aromatic carbocycles. The summed E-state index contributed by atoms with van der Waals surface area (Å²) in [5.74, 6) is 0.920. The Morgan fingerprint density at radius 1 is 1.35 bits per heavy atom. The van der Waals surface area contributed by atoms with Gasteiger partial charge >= 0.3 is 0 Å². The first-order valence-corrected chi connectivity index (χ1v) is 7.52. The van der Waals surface area contributed by atoms with Crippen molar-refractivity contribution in [3.05, 3.63) is 35.5 Å². The predicted molar refractivity (Wildman–Crippen MR) is 73.5 cm³/mol. The zero-order valence-corrected chi connectivity index (χ0v) is 12.1. The lowest BCUT2D eigenvalue weighted by atomic mass is 10.2. The van der Waals surface area contributed by atoms with Crippen molar-refractivity contribution in [1.82, 2.24) is 14.9 Å². The number of nitrogen functional groups attached to an aromatic ring is 1. The van der Waals surface area contributed by atoms with E-state index < -0.39 is 10.0 Å². The van der Waals surface area contributed by atoms with E-state index in [1.807, 2.05) is 0 Å². The summed E-state index contributed by atoms with van der Waals surface area (Å²) in [7, 11) is -3.60. The Bertz CT molecular complexity index is 709. The highest BCUT2D eigenvalue weighted by Crippen LogP contribution is 2.20. The number of nitrogens with one attached hydrogen (secondary N) is 1. The second-order valence-corrected chi connectivity index (χ2v) is 6.09. The summed E-state index contributed by atoms with van der Waals surface area (Å²) in [5, 5.41) is 3.64. The molecule has 0 unspecified atom stereocenters. The van der Waals surface area contributed by atoms with Gasteiger partial charge in [0.2, 0.25) is 15.9 Å². The zero-order valence-electron chi connectivity index (χ0n) is 11.3. The molecule has 2 aromatic rings.